The number of piperidine rings is 1. The Kier molecular flexibility index (Phi) is 4.24. The first kappa shape index (κ1) is 14.8. The average Bonchev–Trinajstić information content (AvgIpc) is 2.25. The topological polar surface area (TPSA) is 60.9 Å². The largest absolute Gasteiger partial charge is 0.465 e. The number of carbonyl (C=O) groups excluding carboxylic acids is 1. The Morgan fingerprint density at radius 3 is 2.22 bits per heavy atom. The molecule has 1 aliphatic rings. The maximum absolute atomic E-state index is 12.0. The quantitative estimate of drug-likeness (QED) is 0.779. The van der Waals surface area contributed by atoms with Crippen molar-refractivity contribution in [1.82, 2.24) is 9.80 Å². The number of carboxylic acid groups (broad SMARTS) is 1. The molecule has 0 saturated carbocycles. The molecular formula is C13H24N2O3. The van der Waals surface area contributed by atoms with Crippen molar-refractivity contribution >= 4 is 12.0 Å². The van der Waals surface area contributed by atoms with Crippen molar-refractivity contribution in [2.75, 3.05) is 20.6 Å². The van der Waals surface area contributed by atoms with Crippen molar-refractivity contribution in [3.63, 3.8) is 0 Å². The number of rotatable bonds is 1. The monoisotopic (exact) mass is 256 g/mol. The summed E-state index contributed by atoms with van der Waals surface area (Å²) >= 11 is 0. The molecule has 1 aliphatic heterocycles. The Morgan fingerprint density at radius 2 is 1.83 bits per heavy atom. The van der Waals surface area contributed by atoms with Crippen molar-refractivity contribution in [1.29, 1.82) is 0 Å². The maximum Gasteiger partial charge on any atom is 0.407 e. The molecule has 2 unspecified atom stereocenters. The van der Waals surface area contributed by atoms with E-state index in [-0.39, 0.29) is 23.3 Å². The van der Waals surface area contributed by atoms with E-state index in [9.17, 15) is 14.7 Å². The van der Waals surface area contributed by atoms with E-state index < -0.39 is 6.09 Å². The van der Waals surface area contributed by atoms with E-state index in [0.29, 0.717) is 19.4 Å². The van der Waals surface area contributed by atoms with E-state index in [2.05, 4.69) is 0 Å². The lowest BCUT2D eigenvalue weighted by Crippen LogP contribution is -2.53. The van der Waals surface area contributed by atoms with Gasteiger partial charge in [0.15, 0.2) is 0 Å². The van der Waals surface area contributed by atoms with Gasteiger partial charge in [0.25, 0.3) is 0 Å². The second kappa shape index (κ2) is 5.16. The number of likely N-dealkylation sites (tertiary alicyclic amines) is 1. The third-order valence-electron chi connectivity index (χ3n) is 3.64. The first-order chi connectivity index (χ1) is 8.14. The minimum Gasteiger partial charge on any atom is -0.465 e. The van der Waals surface area contributed by atoms with Crippen LogP contribution in [0.5, 0.6) is 0 Å². The molecule has 0 aliphatic carbocycles. The Labute approximate surface area is 109 Å². The van der Waals surface area contributed by atoms with E-state index in [0.717, 1.165) is 0 Å². The second-order valence-corrected chi connectivity index (χ2v) is 6.31. The van der Waals surface area contributed by atoms with Gasteiger partial charge in [-0.1, -0.05) is 20.8 Å². The zero-order chi connectivity index (χ0) is 14.1. The number of nitrogens with zero attached hydrogens (tertiary/aromatic N) is 2. The molecule has 5 nitrogen and oxygen atoms in total. The summed E-state index contributed by atoms with van der Waals surface area (Å²) in [5.41, 5.74) is -0.149. The van der Waals surface area contributed by atoms with Gasteiger partial charge in [-0.05, 0) is 18.3 Å². The minimum absolute atomic E-state index is 0.0557. The molecule has 104 valence electrons. The molecule has 0 aromatic carbocycles. The van der Waals surface area contributed by atoms with Crippen LogP contribution in [0.1, 0.15) is 33.6 Å². The van der Waals surface area contributed by atoms with Crippen molar-refractivity contribution in [2.45, 2.75) is 39.7 Å². The van der Waals surface area contributed by atoms with E-state index in [1.807, 2.05) is 20.8 Å². The zero-order valence-electron chi connectivity index (χ0n) is 11.9. The molecule has 0 aromatic rings. The van der Waals surface area contributed by atoms with Gasteiger partial charge >= 0.3 is 6.09 Å². The fraction of sp³-hybridized carbons (Fsp3) is 0.846. The molecule has 1 N–H and O–H groups in total. The fourth-order valence-corrected chi connectivity index (χ4v) is 2.60. The van der Waals surface area contributed by atoms with Crippen LogP contribution in [-0.2, 0) is 4.79 Å². The highest BCUT2D eigenvalue weighted by atomic mass is 16.4. The summed E-state index contributed by atoms with van der Waals surface area (Å²) in [4.78, 5) is 26.3. The lowest BCUT2D eigenvalue weighted by Gasteiger charge is -2.44. The van der Waals surface area contributed by atoms with E-state index in [4.69, 9.17) is 0 Å². The van der Waals surface area contributed by atoms with Crippen molar-refractivity contribution in [3.8, 4) is 0 Å². The normalized spacial score (nSPS) is 24.8. The zero-order valence-corrected chi connectivity index (χ0v) is 11.9. The average molecular weight is 256 g/mol. The number of hydrogen-bond donors (Lipinski definition) is 1. The lowest BCUT2D eigenvalue weighted by molar-refractivity contribution is -0.135. The first-order valence-corrected chi connectivity index (χ1v) is 6.35. The SMILES string of the molecule is CN(C)C(=O)C1CCN(C(=O)O)C(C(C)(C)C)C1. The van der Waals surface area contributed by atoms with Crippen molar-refractivity contribution < 1.29 is 14.7 Å². The van der Waals surface area contributed by atoms with Gasteiger partial charge in [-0.15, -0.1) is 0 Å². The number of amides is 2. The van der Waals surface area contributed by atoms with Crippen LogP contribution in [0.3, 0.4) is 0 Å². The van der Waals surface area contributed by atoms with Gasteiger partial charge in [-0.25, -0.2) is 4.79 Å². The molecular weight excluding hydrogens is 232 g/mol. The Morgan fingerprint density at radius 1 is 1.28 bits per heavy atom. The van der Waals surface area contributed by atoms with E-state index in [1.165, 1.54) is 4.90 Å². The fourth-order valence-electron chi connectivity index (χ4n) is 2.60. The smallest absolute Gasteiger partial charge is 0.407 e. The van der Waals surface area contributed by atoms with Crippen LogP contribution in [-0.4, -0.2) is 53.6 Å². The molecule has 0 bridgehead atoms. The minimum atomic E-state index is -0.884. The molecule has 1 rings (SSSR count). The third kappa shape index (κ3) is 3.15. The standard InChI is InChI=1S/C13H24N2O3/c1-13(2,3)10-8-9(11(16)14(4)5)6-7-15(10)12(17)18/h9-10H,6-8H2,1-5H3,(H,17,18). The van der Waals surface area contributed by atoms with Crippen LogP contribution in [0.4, 0.5) is 4.79 Å². The summed E-state index contributed by atoms with van der Waals surface area (Å²) in [5.74, 6) is 0.0501. The van der Waals surface area contributed by atoms with Gasteiger partial charge in [0, 0.05) is 32.6 Å². The summed E-state index contributed by atoms with van der Waals surface area (Å²) < 4.78 is 0. The van der Waals surface area contributed by atoms with Crippen LogP contribution in [0.2, 0.25) is 0 Å². The van der Waals surface area contributed by atoms with Gasteiger partial charge in [0.1, 0.15) is 0 Å². The highest BCUT2D eigenvalue weighted by Crippen LogP contribution is 2.35. The number of carbonyl (C=O) groups is 2. The molecule has 1 heterocycles. The van der Waals surface area contributed by atoms with Crippen LogP contribution < -0.4 is 0 Å². The summed E-state index contributed by atoms with van der Waals surface area (Å²) in [5, 5.41) is 9.24. The van der Waals surface area contributed by atoms with Crippen LogP contribution in [0.15, 0.2) is 0 Å². The lowest BCUT2D eigenvalue weighted by atomic mass is 9.76. The van der Waals surface area contributed by atoms with Crippen molar-refractivity contribution in [3.05, 3.63) is 0 Å². The van der Waals surface area contributed by atoms with E-state index >= 15 is 0 Å². The van der Waals surface area contributed by atoms with E-state index in [1.54, 1.807) is 19.0 Å². The third-order valence-corrected chi connectivity index (χ3v) is 3.64. The van der Waals surface area contributed by atoms with Crippen LogP contribution in [0.25, 0.3) is 0 Å². The first-order valence-electron chi connectivity index (χ1n) is 6.35. The Bertz CT molecular complexity index is 334. The number of hydrogen-bond acceptors (Lipinski definition) is 2. The molecule has 5 heteroatoms. The van der Waals surface area contributed by atoms with Gasteiger partial charge in [-0.2, -0.15) is 0 Å². The van der Waals surface area contributed by atoms with Crippen LogP contribution >= 0.6 is 0 Å². The summed E-state index contributed by atoms with van der Waals surface area (Å²) in [6, 6.07) is -0.0994. The molecule has 2 atom stereocenters. The highest BCUT2D eigenvalue weighted by Gasteiger charge is 2.40. The van der Waals surface area contributed by atoms with Gasteiger partial charge in [0.2, 0.25) is 5.91 Å². The molecule has 18 heavy (non-hydrogen) atoms. The maximum atomic E-state index is 12.0. The Balaban J connectivity index is 2.87. The summed E-state index contributed by atoms with van der Waals surface area (Å²) in [6.07, 6.45) is 0.355. The van der Waals surface area contributed by atoms with Gasteiger partial charge < -0.3 is 14.9 Å². The highest BCUT2D eigenvalue weighted by molar-refractivity contribution is 5.78. The van der Waals surface area contributed by atoms with Crippen molar-refractivity contribution in [2.24, 2.45) is 11.3 Å². The molecule has 2 amide bonds. The summed E-state index contributed by atoms with van der Waals surface area (Å²) in [6.45, 7) is 6.52. The molecule has 0 radical (unpaired) electrons. The predicted octanol–water partition coefficient (Wildman–Crippen LogP) is 1.88. The van der Waals surface area contributed by atoms with Gasteiger partial charge in [-0.3, -0.25) is 4.79 Å². The Hall–Kier alpha value is -1.26. The molecule has 1 fully saturated rings. The molecule has 0 aromatic heterocycles. The molecule has 1 saturated heterocycles. The second-order valence-electron chi connectivity index (χ2n) is 6.31. The summed E-state index contributed by atoms with van der Waals surface area (Å²) in [7, 11) is 3.50. The molecule has 0 spiro atoms. The van der Waals surface area contributed by atoms with Crippen LogP contribution in [0, 0.1) is 11.3 Å². The predicted molar refractivity (Wildman–Crippen MR) is 69.4 cm³/mol. The van der Waals surface area contributed by atoms with Gasteiger partial charge in [0.05, 0.1) is 0 Å².